The van der Waals surface area contributed by atoms with Gasteiger partial charge in [0.15, 0.2) is 11.6 Å². The molecule has 286 valence electrons. The van der Waals surface area contributed by atoms with Crippen LogP contribution in [0.2, 0.25) is 0 Å². The molecule has 0 aliphatic rings. The largest absolute Gasteiger partial charge is 0.228 e. The van der Waals surface area contributed by atoms with Crippen molar-refractivity contribution >= 4 is 31.6 Å². The fourth-order valence-corrected chi connectivity index (χ4v) is 9.16. The van der Waals surface area contributed by atoms with Gasteiger partial charge in [0.25, 0.3) is 0 Å². The predicted molar refractivity (Wildman–Crippen MR) is 254 cm³/mol. The Kier molecular flexibility index (Phi) is 9.34. The van der Waals surface area contributed by atoms with E-state index in [1.165, 1.54) is 4.70 Å². The molecule has 11 rings (SSSR count). The molecule has 0 saturated heterocycles. The SMILES string of the molecule is c1ccc(-c2cc(-c3ccccc3)cc(-c3cc(-c4cc(-c5ccccc5)nc(-c5ccccc5)n4)cc(-c4nc(-c5ccccc5)c5c(n4)sc4ccccc45)c3)c2)cc1. The Morgan fingerprint density at radius 3 is 1.28 bits per heavy atom. The maximum atomic E-state index is 5.46. The molecule has 0 atom stereocenters. The third-order valence-corrected chi connectivity index (χ3v) is 12.1. The molecule has 11 aromatic rings. The van der Waals surface area contributed by atoms with Crippen molar-refractivity contribution in [3.8, 4) is 89.9 Å². The molecule has 0 fully saturated rings. The highest BCUT2D eigenvalue weighted by Gasteiger charge is 2.20. The lowest BCUT2D eigenvalue weighted by atomic mass is 9.91. The Morgan fingerprint density at radius 2 is 0.689 bits per heavy atom. The van der Waals surface area contributed by atoms with Gasteiger partial charge in [-0.25, -0.2) is 19.9 Å². The van der Waals surface area contributed by atoms with Crippen LogP contribution in [0, 0.1) is 0 Å². The summed E-state index contributed by atoms with van der Waals surface area (Å²) in [4.78, 5) is 22.2. The van der Waals surface area contributed by atoms with Crippen molar-refractivity contribution in [3.63, 3.8) is 0 Å². The first-order chi connectivity index (χ1) is 30.2. The Hall–Kier alpha value is -7.86. The normalized spacial score (nSPS) is 11.3. The monoisotopic (exact) mass is 796 g/mol. The highest BCUT2D eigenvalue weighted by molar-refractivity contribution is 7.25. The second kappa shape index (κ2) is 15.7. The number of thiophene rings is 1. The van der Waals surface area contributed by atoms with Gasteiger partial charge in [0, 0.05) is 43.3 Å². The van der Waals surface area contributed by atoms with Crippen LogP contribution in [0.5, 0.6) is 0 Å². The zero-order valence-corrected chi connectivity index (χ0v) is 33.8. The minimum atomic E-state index is 0.657. The van der Waals surface area contributed by atoms with Crippen molar-refractivity contribution in [2.45, 2.75) is 0 Å². The third kappa shape index (κ3) is 7.18. The molecule has 0 spiro atoms. The molecule has 5 heteroatoms. The van der Waals surface area contributed by atoms with E-state index < -0.39 is 0 Å². The highest BCUT2D eigenvalue weighted by atomic mass is 32.1. The van der Waals surface area contributed by atoms with Crippen molar-refractivity contribution in [1.82, 2.24) is 19.9 Å². The molecule has 0 aliphatic carbocycles. The Balaban J connectivity index is 1.19. The molecule has 0 aliphatic heterocycles. The second-order valence-electron chi connectivity index (χ2n) is 15.1. The van der Waals surface area contributed by atoms with E-state index >= 15 is 0 Å². The fourth-order valence-electron chi connectivity index (χ4n) is 8.09. The molecular weight excluding hydrogens is 761 g/mol. The van der Waals surface area contributed by atoms with Crippen LogP contribution in [-0.4, -0.2) is 19.9 Å². The Bertz CT molecular complexity index is 3070. The maximum absolute atomic E-state index is 5.46. The molecule has 0 amide bonds. The average molecular weight is 797 g/mol. The maximum Gasteiger partial charge on any atom is 0.161 e. The molecule has 4 nitrogen and oxygen atoms in total. The van der Waals surface area contributed by atoms with Crippen LogP contribution < -0.4 is 0 Å². The third-order valence-electron chi connectivity index (χ3n) is 11.1. The number of benzene rings is 8. The standard InChI is InChI=1S/C56H36N4S/c1-6-18-37(19-7-1)42-30-43(38-20-8-2-9-21-38)32-44(31-42)45-33-46(50-36-49(39-22-10-3-11-23-39)57-54(58-50)41-26-14-5-15-27-41)35-47(34-45)55-59-53(40-24-12-4-13-25-40)52-48-28-16-17-29-51(48)61-56(52)60-55/h1-36H. The van der Waals surface area contributed by atoms with Crippen molar-refractivity contribution in [3.05, 3.63) is 218 Å². The predicted octanol–water partition coefficient (Wildman–Crippen LogP) is 15.0. The second-order valence-corrected chi connectivity index (χ2v) is 16.1. The Labute approximate surface area is 358 Å². The van der Waals surface area contributed by atoms with Gasteiger partial charge in [0.1, 0.15) is 4.83 Å². The van der Waals surface area contributed by atoms with E-state index in [1.54, 1.807) is 11.3 Å². The van der Waals surface area contributed by atoms with Crippen molar-refractivity contribution in [1.29, 1.82) is 0 Å². The molecule has 0 saturated carbocycles. The molecule has 61 heavy (non-hydrogen) atoms. The van der Waals surface area contributed by atoms with Crippen molar-refractivity contribution < 1.29 is 0 Å². The smallest absolute Gasteiger partial charge is 0.161 e. The van der Waals surface area contributed by atoms with Crippen LogP contribution >= 0.6 is 11.3 Å². The average Bonchev–Trinajstić information content (AvgIpc) is 3.73. The zero-order chi connectivity index (χ0) is 40.5. The molecule has 3 aromatic heterocycles. The van der Waals surface area contributed by atoms with E-state index in [9.17, 15) is 0 Å². The highest BCUT2D eigenvalue weighted by Crippen LogP contribution is 2.42. The molecule has 8 aromatic carbocycles. The molecule has 0 unspecified atom stereocenters. The summed E-state index contributed by atoms with van der Waals surface area (Å²) in [5, 5.41) is 2.24. The van der Waals surface area contributed by atoms with E-state index in [1.807, 2.05) is 42.5 Å². The number of rotatable bonds is 8. The lowest BCUT2D eigenvalue weighted by molar-refractivity contribution is 1.18. The lowest BCUT2D eigenvalue weighted by Crippen LogP contribution is -1.98. The van der Waals surface area contributed by atoms with Gasteiger partial charge in [-0.3, -0.25) is 0 Å². The van der Waals surface area contributed by atoms with E-state index in [0.29, 0.717) is 11.6 Å². The fraction of sp³-hybridized carbons (Fsp3) is 0. The lowest BCUT2D eigenvalue weighted by Gasteiger charge is -2.15. The molecule has 0 bridgehead atoms. The van der Waals surface area contributed by atoms with E-state index in [0.717, 1.165) is 93.9 Å². The Morgan fingerprint density at radius 1 is 0.279 bits per heavy atom. The summed E-state index contributed by atoms with van der Waals surface area (Å²) in [6.45, 7) is 0. The zero-order valence-electron chi connectivity index (χ0n) is 33.0. The van der Waals surface area contributed by atoms with Crippen LogP contribution in [0.15, 0.2) is 218 Å². The minimum Gasteiger partial charge on any atom is -0.228 e. The minimum absolute atomic E-state index is 0.657. The first-order valence-electron chi connectivity index (χ1n) is 20.4. The summed E-state index contributed by atoms with van der Waals surface area (Å²) in [7, 11) is 0. The number of hydrogen-bond donors (Lipinski definition) is 0. The van der Waals surface area contributed by atoms with Gasteiger partial charge >= 0.3 is 0 Å². The first-order valence-corrected chi connectivity index (χ1v) is 21.2. The molecule has 0 N–H and O–H groups in total. The van der Waals surface area contributed by atoms with Crippen LogP contribution in [0.4, 0.5) is 0 Å². The topological polar surface area (TPSA) is 51.6 Å². The molecule has 3 heterocycles. The number of fused-ring (bicyclic) bond motifs is 3. The number of hydrogen-bond acceptors (Lipinski definition) is 5. The van der Waals surface area contributed by atoms with Gasteiger partial charge in [0.2, 0.25) is 0 Å². The quantitative estimate of drug-likeness (QED) is 0.154. The first kappa shape index (κ1) is 36.2. The number of nitrogens with zero attached hydrogens (tertiary/aromatic N) is 4. The van der Waals surface area contributed by atoms with Gasteiger partial charge in [-0.1, -0.05) is 170 Å². The van der Waals surface area contributed by atoms with Crippen LogP contribution in [0.1, 0.15) is 0 Å². The van der Waals surface area contributed by atoms with Crippen molar-refractivity contribution in [2.75, 3.05) is 0 Å². The summed E-state index contributed by atoms with van der Waals surface area (Å²) in [5.74, 6) is 1.32. The molecule has 0 radical (unpaired) electrons. The summed E-state index contributed by atoms with van der Waals surface area (Å²) < 4.78 is 1.18. The van der Waals surface area contributed by atoms with Crippen LogP contribution in [0.25, 0.3) is 110 Å². The molecular formula is C56H36N4S. The van der Waals surface area contributed by atoms with Crippen LogP contribution in [-0.2, 0) is 0 Å². The number of aromatic nitrogens is 4. The van der Waals surface area contributed by atoms with Gasteiger partial charge in [0.05, 0.1) is 17.1 Å². The summed E-state index contributed by atoms with van der Waals surface area (Å²) >= 11 is 1.71. The van der Waals surface area contributed by atoms with Gasteiger partial charge in [-0.05, 0) is 81.9 Å². The summed E-state index contributed by atoms with van der Waals surface area (Å²) in [5.41, 5.74) is 14.1. The van der Waals surface area contributed by atoms with Crippen LogP contribution in [0.3, 0.4) is 0 Å². The van der Waals surface area contributed by atoms with E-state index in [4.69, 9.17) is 19.9 Å². The van der Waals surface area contributed by atoms with Gasteiger partial charge in [-0.2, -0.15) is 0 Å². The summed E-state index contributed by atoms with van der Waals surface area (Å²) in [6.07, 6.45) is 0. The summed E-state index contributed by atoms with van der Waals surface area (Å²) in [6, 6.07) is 76.4. The van der Waals surface area contributed by atoms with E-state index in [2.05, 4.69) is 176 Å². The van der Waals surface area contributed by atoms with Crippen molar-refractivity contribution in [2.24, 2.45) is 0 Å². The van der Waals surface area contributed by atoms with Gasteiger partial charge in [-0.15, -0.1) is 11.3 Å². The van der Waals surface area contributed by atoms with Gasteiger partial charge < -0.3 is 0 Å². The van der Waals surface area contributed by atoms with E-state index in [-0.39, 0.29) is 0 Å².